The van der Waals surface area contributed by atoms with Crippen LogP contribution in [0.3, 0.4) is 0 Å². The minimum Gasteiger partial charge on any atom is -0.471 e. The Labute approximate surface area is 189 Å². The molecule has 0 unspecified atom stereocenters. The van der Waals surface area contributed by atoms with Crippen molar-refractivity contribution in [2.45, 2.75) is 25.7 Å². The van der Waals surface area contributed by atoms with E-state index in [0.29, 0.717) is 17.0 Å². The van der Waals surface area contributed by atoms with Gasteiger partial charge in [-0.25, -0.2) is 13.5 Å². The average Bonchev–Trinajstić information content (AvgIpc) is 3.20. The van der Waals surface area contributed by atoms with Crippen LogP contribution in [-0.4, -0.2) is 34.6 Å². The van der Waals surface area contributed by atoms with E-state index in [1.54, 1.807) is 18.3 Å². The lowest BCUT2D eigenvalue weighted by atomic mass is 10.1. The van der Waals surface area contributed by atoms with E-state index in [9.17, 15) is 22.4 Å². The van der Waals surface area contributed by atoms with Crippen LogP contribution < -0.4 is 10.1 Å². The fourth-order valence-electron chi connectivity index (χ4n) is 2.54. The highest BCUT2D eigenvalue weighted by Gasteiger charge is 2.40. The molecule has 1 N–H and O–H groups in total. The van der Waals surface area contributed by atoms with Crippen LogP contribution in [0.2, 0.25) is 0 Å². The lowest BCUT2D eigenvalue weighted by Crippen LogP contribution is -2.32. The number of rotatable bonds is 10. The molecule has 11 heteroatoms. The first-order valence-electron chi connectivity index (χ1n) is 9.28. The summed E-state index contributed by atoms with van der Waals surface area (Å²) in [6.07, 6.45) is -0.779. The first-order chi connectivity index (χ1) is 15.2. The first kappa shape index (κ1) is 23.7. The zero-order valence-electron chi connectivity index (χ0n) is 16.5. The highest BCUT2D eigenvalue weighted by atomic mass is 79.9. The summed E-state index contributed by atoms with van der Waals surface area (Å²) in [4.78, 5) is 12.5. The van der Waals surface area contributed by atoms with E-state index in [-0.39, 0.29) is 18.9 Å². The summed E-state index contributed by atoms with van der Waals surface area (Å²) in [7, 11) is 0. The highest BCUT2D eigenvalue weighted by Crippen LogP contribution is 2.23. The molecule has 3 rings (SSSR count). The summed E-state index contributed by atoms with van der Waals surface area (Å²) >= 11 is 3.34. The Balaban J connectivity index is 1.52. The number of amides is 1. The number of carbonyl (C=O) groups is 1. The van der Waals surface area contributed by atoms with Crippen LogP contribution in [0.1, 0.15) is 15.9 Å². The van der Waals surface area contributed by atoms with Crippen molar-refractivity contribution >= 4 is 27.5 Å². The molecule has 0 atom stereocenters. The maximum absolute atomic E-state index is 12.9. The molecule has 0 fully saturated rings. The quantitative estimate of drug-likeness (QED) is 0.369. The number of carbonyl (C=O) groups excluding carboxylic acids is 1. The number of benzene rings is 2. The summed E-state index contributed by atoms with van der Waals surface area (Å²) in [5.74, 6) is -4.03. The van der Waals surface area contributed by atoms with Crippen LogP contribution in [0.25, 0.3) is 0 Å². The highest BCUT2D eigenvalue weighted by molar-refractivity contribution is 9.10. The smallest absolute Gasteiger partial charge is 0.330 e. The number of ether oxygens (including phenoxy) is 2. The van der Waals surface area contributed by atoms with Gasteiger partial charge < -0.3 is 14.8 Å². The molecule has 1 aromatic heterocycles. The maximum Gasteiger partial charge on any atom is 0.330 e. The second-order valence-electron chi connectivity index (χ2n) is 6.70. The number of alkyl halides is 4. The number of hydrogen-bond donors (Lipinski definition) is 1. The number of aromatic nitrogens is 2. The van der Waals surface area contributed by atoms with Gasteiger partial charge in [0.25, 0.3) is 5.91 Å². The largest absolute Gasteiger partial charge is 0.471 e. The van der Waals surface area contributed by atoms with Crippen molar-refractivity contribution in [3.63, 3.8) is 0 Å². The molecule has 0 saturated heterocycles. The average molecular weight is 516 g/mol. The summed E-state index contributed by atoms with van der Waals surface area (Å²) in [5.41, 5.74) is 1.06. The fourth-order valence-corrected chi connectivity index (χ4v) is 2.81. The molecule has 0 spiro atoms. The predicted molar refractivity (Wildman–Crippen MR) is 112 cm³/mol. The van der Waals surface area contributed by atoms with Gasteiger partial charge in [-0.05, 0) is 42.0 Å². The van der Waals surface area contributed by atoms with E-state index in [0.717, 1.165) is 4.47 Å². The molecule has 32 heavy (non-hydrogen) atoms. The molecule has 0 bridgehead atoms. The number of anilines is 1. The van der Waals surface area contributed by atoms with E-state index in [4.69, 9.17) is 4.74 Å². The van der Waals surface area contributed by atoms with Gasteiger partial charge in [-0.15, -0.1) is 0 Å². The molecule has 6 nitrogen and oxygen atoms in total. The Morgan fingerprint density at radius 2 is 1.94 bits per heavy atom. The van der Waals surface area contributed by atoms with E-state index < -0.39 is 24.9 Å². The second-order valence-corrected chi connectivity index (χ2v) is 7.62. The Hall–Kier alpha value is -2.92. The number of nitrogens with one attached hydrogen (secondary N) is 1. The Morgan fingerprint density at radius 1 is 1.19 bits per heavy atom. The lowest BCUT2D eigenvalue weighted by Gasteiger charge is -2.15. The lowest BCUT2D eigenvalue weighted by molar-refractivity contribution is -0.168. The molecule has 0 aliphatic carbocycles. The summed E-state index contributed by atoms with van der Waals surface area (Å²) in [5, 5.41) is 6.77. The number of hydrogen-bond acceptors (Lipinski definition) is 4. The Bertz CT molecular complexity index is 1040. The topological polar surface area (TPSA) is 65.4 Å². The third-order valence-corrected chi connectivity index (χ3v) is 4.67. The van der Waals surface area contributed by atoms with Gasteiger partial charge in [0.2, 0.25) is 0 Å². The minimum absolute atomic E-state index is 0.133. The van der Waals surface area contributed by atoms with E-state index in [1.807, 2.05) is 12.1 Å². The normalized spacial score (nSPS) is 11.6. The summed E-state index contributed by atoms with van der Waals surface area (Å²) in [6.45, 7) is -1.62. The van der Waals surface area contributed by atoms with Crippen LogP contribution in [0.15, 0.2) is 65.4 Å². The van der Waals surface area contributed by atoms with E-state index in [2.05, 4.69) is 31.1 Å². The molecule has 0 aliphatic heterocycles. The van der Waals surface area contributed by atoms with Crippen molar-refractivity contribution < 1.29 is 31.8 Å². The molecule has 2 aromatic carbocycles. The van der Waals surface area contributed by atoms with Crippen LogP contribution in [0.4, 0.5) is 23.2 Å². The molecule has 0 aliphatic rings. The second kappa shape index (κ2) is 10.6. The standard InChI is InChI=1S/C21H18BrF4N3O3/c22-16-4-6-18(7-5-16)32-13-29-10-17(9-27-29)28-19(30)15-3-1-2-14(8-15)11-31-12-21(25,26)20(23)24/h1-10,20H,11-13H2,(H,28,30). The molecule has 1 amide bonds. The van der Waals surface area contributed by atoms with Gasteiger partial charge in [0.15, 0.2) is 6.73 Å². The van der Waals surface area contributed by atoms with Gasteiger partial charge in [0.1, 0.15) is 12.4 Å². The summed E-state index contributed by atoms with van der Waals surface area (Å²) < 4.78 is 62.8. The van der Waals surface area contributed by atoms with E-state index >= 15 is 0 Å². The molecular weight excluding hydrogens is 498 g/mol. The van der Waals surface area contributed by atoms with Crippen LogP contribution in [-0.2, 0) is 18.1 Å². The molecule has 0 saturated carbocycles. The van der Waals surface area contributed by atoms with E-state index in [1.165, 1.54) is 35.1 Å². The van der Waals surface area contributed by atoms with Crippen molar-refractivity contribution in [2.75, 3.05) is 11.9 Å². The summed E-state index contributed by atoms with van der Waals surface area (Å²) in [6, 6.07) is 13.3. The Kier molecular flexibility index (Phi) is 7.86. The van der Waals surface area contributed by atoms with Crippen molar-refractivity contribution in [1.82, 2.24) is 9.78 Å². The fraction of sp³-hybridized carbons (Fsp3) is 0.238. The third-order valence-electron chi connectivity index (χ3n) is 4.14. The predicted octanol–water partition coefficient (Wildman–Crippen LogP) is 5.35. The molecule has 1 heterocycles. The van der Waals surface area contributed by atoms with Gasteiger partial charge in [-0.1, -0.05) is 28.1 Å². The van der Waals surface area contributed by atoms with Crippen molar-refractivity contribution in [3.8, 4) is 5.75 Å². The molecule has 3 aromatic rings. The first-order valence-corrected chi connectivity index (χ1v) is 10.1. The Morgan fingerprint density at radius 3 is 2.66 bits per heavy atom. The zero-order chi connectivity index (χ0) is 23.1. The van der Waals surface area contributed by atoms with Gasteiger partial charge in [0, 0.05) is 10.0 Å². The van der Waals surface area contributed by atoms with Gasteiger partial charge >= 0.3 is 12.3 Å². The molecule has 170 valence electrons. The van der Waals surface area contributed by atoms with Gasteiger partial charge in [-0.2, -0.15) is 13.9 Å². The SMILES string of the molecule is O=C(Nc1cnn(COc2ccc(Br)cc2)c1)c1cccc(COCC(F)(F)C(F)F)c1. The minimum atomic E-state index is -4.23. The van der Waals surface area contributed by atoms with Gasteiger partial charge in [0.05, 0.1) is 24.7 Å². The molecule has 0 radical (unpaired) electrons. The van der Waals surface area contributed by atoms with Gasteiger partial charge in [-0.3, -0.25) is 4.79 Å². The molecular formula is C21H18BrF4N3O3. The van der Waals surface area contributed by atoms with Crippen LogP contribution in [0, 0.1) is 0 Å². The van der Waals surface area contributed by atoms with Crippen LogP contribution >= 0.6 is 15.9 Å². The maximum atomic E-state index is 12.9. The van der Waals surface area contributed by atoms with Crippen LogP contribution in [0.5, 0.6) is 5.75 Å². The van der Waals surface area contributed by atoms with Crippen molar-refractivity contribution in [1.29, 1.82) is 0 Å². The third kappa shape index (κ3) is 6.79. The zero-order valence-corrected chi connectivity index (χ0v) is 18.1. The number of halogens is 5. The van der Waals surface area contributed by atoms with Crippen molar-refractivity contribution in [3.05, 3.63) is 76.5 Å². The number of nitrogens with zero attached hydrogens (tertiary/aromatic N) is 2. The monoisotopic (exact) mass is 515 g/mol. The van der Waals surface area contributed by atoms with Crippen molar-refractivity contribution in [2.24, 2.45) is 0 Å².